The molecule has 1 unspecified atom stereocenters. The van der Waals surface area contributed by atoms with Gasteiger partial charge in [-0.05, 0) is 31.0 Å². The largest absolute Gasteiger partial charge is 0.338 e. The van der Waals surface area contributed by atoms with E-state index in [0.29, 0.717) is 25.2 Å². The van der Waals surface area contributed by atoms with Gasteiger partial charge in [0.05, 0.1) is 5.92 Å². The molecule has 3 rings (SSSR count). The molecule has 0 spiro atoms. The van der Waals surface area contributed by atoms with Crippen LogP contribution in [-0.4, -0.2) is 29.4 Å². The van der Waals surface area contributed by atoms with Crippen LogP contribution in [-0.2, 0) is 4.79 Å². The first-order chi connectivity index (χ1) is 9.97. The summed E-state index contributed by atoms with van der Waals surface area (Å²) < 4.78 is -0.936. The summed E-state index contributed by atoms with van der Waals surface area (Å²) in [6, 6.07) is 7.07. The summed E-state index contributed by atoms with van der Waals surface area (Å²) in [7, 11) is 0. The highest BCUT2D eigenvalue weighted by Gasteiger charge is 2.56. The molecule has 1 saturated carbocycles. The van der Waals surface area contributed by atoms with Gasteiger partial charge in [-0.25, -0.2) is 4.79 Å². The third-order valence-corrected chi connectivity index (χ3v) is 4.48. The average molecular weight is 328 g/mol. The molecule has 3 amide bonds. The molecule has 0 radical (unpaired) electrons. The molecule has 112 valence electrons. The summed E-state index contributed by atoms with van der Waals surface area (Å²) in [6.45, 7) is 1.36. The van der Waals surface area contributed by atoms with Crippen molar-refractivity contribution in [3.05, 3.63) is 24.3 Å². The van der Waals surface area contributed by atoms with E-state index in [0.717, 1.165) is 12.1 Å². The molecule has 2 N–H and O–H groups in total. The van der Waals surface area contributed by atoms with Crippen molar-refractivity contribution in [2.24, 2.45) is 5.92 Å². The molecule has 1 aromatic rings. The van der Waals surface area contributed by atoms with Gasteiger partial charge in [0.25, 0.3) is 0 Å². The van der Waals surface area contributed by atoms with Gasteiger partial charge in [0.15, 0.2) is 0 Å². The summed E-state index contributed by atoms with van der Waals surface area (Å²) in [5.74, 6) is -0.567. The average Bonchev–Trinajstić information content (AvgIpc) is 3.09. The predicted molar refractivity (Wildman–Crippen MR) is 83.0 cm³/mol. The number of amides is 3. The maximum Gasteiger partial charge on any atom is 0.321 e. The second kappa shape index (κ2) is 5.39. The van der Waals surface area contributed by atoms with Crippen molar-refractivity contribution in [2.45, 2.75) is 17.2 Å². The van der Waals surface area contributed by atoms with Gasteiger partial charge >= 0.3 is 6.03 Å². The van der Waals surface area contributed by atoms with Crippen LogP contribution in [0.5, 0.6) is 0 Å². The zero-order chi connectivity index (χ0) is 15.0. The van der Waals surface area contributed by atoms with Crippen LogP contribution >= 0.6 is 23.2 Å². The molecule has 1 heterocycles. The number of anilines is 2. The lowest BCUT2D eigenvalue weighted by molar-refractivity contribution is -0.117. The van der Waals surface area contributed by atoms with Crippen molar-refractivity contribution in [3.63, 3.8) is 0 Å². The van der Waals surface area contributed by atoms with E-state index in [1.807, 2.05) is 6.07 Å². The highest BCUT2D eigenvalue weighted by atomic mass is 35.5. The predicted octanol–water partition coefficient (Wildman–Crippen LogP) is 2.74. The highest BCUT2D eigenvalue weighted by Crippen LogP contribution is 2.53. The lowest BCUT2D eigenvalue weighted by atomic mass is 10.2. The Morgan fingerprint density at radius 3 is 2.86 bits per heavy atom. The van der Waals surface area contributed by atoms with E-state index in [-0.39, 0.29) is 17.9 Å². The first-order valence-corrected chi connectivity index (χ1v) is 7.57. The molecule has 7 heteroatoms. The first-order valence-electron chi connectivity index (χ1n) is 6.81. The maximum absolute atomic E-state index is 12.0. The Morgan fingerprint density at radius 2 is 2.19 bits per heavy atom. The van der Waals surface area contributed by atoms with Crippen LogP contribution in [0.1, 0.15) is 12.8 Å². The summed E-state index contributed by atoms with van der Waals surface area (Å²) >= 11 is 11.8. The van der Waals surface area contributed by atoms with Crippen LogP contribution in [0.3, 0.4) is 0 Å². The topological polar surface area (TPSA) is 61.4 Å². The number of nitrogens with one attached hydrogen (secondary N) is 2. The fraction of sp³-hybridized carbons (Fsp3) is 0.429. The summed E-state index contributed by atoms with van der Waals surface area (Å²) in [6.07, 6.45) is 1.36. The number of carbonyl (C=O) groups is 2. The molecule has 1 aliphatic heterocycles. The number of rotatable bonds is 3. The summed E-state index contributed by atoms with van der Waals surface area (Å²) in [5, 5.41) is 5.58. The fourth-order valence-electron chi connectivity index (χ4n) is 2.35. The first kappa shape index (κ1) is 14.5. The SMILES string of the molecule is O=C(Nc1cccc(N2CCCNC2=O)c1)C1CC1(Cl)Cl. The lowest BCUT2D eigenvalue weighted by Gasteiger charge is -2.27. The Labute approximate surface area is 132 Å². The fourth-order valence-corrected chi connectivity index (χ4v) is 2.86. The number of alkyl halides is 2. The van der Waals surface area contributed by atoms with Gasteiger partial charge in [-0.15, -0.1) is 23.2 Å². The second-order valence-electron chi connectivity index (χ2n) is 5.29. The van der Waals surface area contributed by atoms with Gasteiger partial charge in [-0.1, -0.05) is 6.07 Å². The van der Waals surface area contributed by atoms with Gasteiger partial charge in [0, 0.05) is 24.5 Å². The van der Waals surface area contributed by atoms with E-state index in [9.17, 15) is 9.59 Å². The van der Waals surface area contributed by atoms with Gasteiger partial charge in [-0.3, -0.25) is 9.69 Å². The van der Waals surface area contributed by atoms with Crippen LogP contribution in [0.15, 0.2) is 24.3 Å². The Bertz CT molecular complexity index is 591. The number of benzene rings is 1. The molecule has 21 heavy (non-hydrogen) atoms. The van der Waals surface area contributed by atoms with Crippen molar-refractivity contribution >= 4 is 46.5 Å². The van der Waals surface area contributed by atoms with Gasteiger partial charge < -0.3 is 10.6 Å². The molecule has 1 aromatic carbocycles. The molecule has 1 atom stereocenters. The van der Waals surface area contributed by atoms with E-state index in [1.54, 1.807) is 23.1 Å². The maximum atomic E-state index is 12.0. The van der Waals surface area contributed by atoms with Gasteiger partial charge in [0.2, 0.25) is 5.91 Å². The zero-order valence-electron chi connectivity index (χ0n) is 11.2. The van der Waals surface area contributed by atoms with E-state index < -0.39 is 4.33 Å². The molecule has 2 fully saturated rings. The van der Waals surface area contributed by atoms with E-state index >= 15 is 0 Å². The van der Waals surface area contributed by atoms with E-state index in [2.05, 4.69) is 10.6 Å². The van der Waals surface area contributed by atoms with Gasteiger partial charge in [-0.2, -0.15) is 0 Å². The second-order valence-corrected chi connectivity index (χ2v) is 6.84. The van der Waals surface area contributed by atoms with E-state index in [1.165, 1.54) is 0 Å². The molecule has 1 saturated heterocycles. The third kappa shape index (κ3) is 3.09. The number of hydrogen-bond acceptors (Lipinski definition) is 2. The van der Waals surface area contributed by atoms with Crippen LogP contribution < -0.4 is 15.5 Å². The molecule has 0 aromatic heterocycles. The Hall–Kier alpha value is -1.46. The minimum atomic E-state index is -0.936. The number of carbonyl (C=O) groups excluding carboxylic acids is 2. The van der Waals surface area contributed by atoms with Crippen molar-refractivity contribution in [1.29, 1.82) is 0 Å². The van der Waals surface area contributed by atoms with Crippen LogP contribution in [0.25, 0.3) is 0 Å². The summed E-state index contributed by atoms with van der Waals surface area (Å²) in [5.41, 5.74) is 1.38. The lowest BCUT2D eigenvalue weighted by Crippen LogP contribution is -2.46. The minimum absolute atomic E-state index is 0.118. The zero-order valence-corrected chi connectivity index (χ0v) is 12.7. The van der Waals surface area contributed by atoms with Crippen molar-refractivity contribution in [3.8, 4) is 0 Å². The third-order valence-electron chi connectivity index (χ3n) is 3.65. The number of nitrogens with zero attached hydrogens (tertiary/aromatic N) is 1. The van der Waals surface area contributed by atoms with Crippen LogP contribution in [0.2, 0.25) is 0 Å². The Morgan fingerprint density at radius 1 is 1.43 bits per heavy atom. The molecule has 2 aliphatic rings. The number of urea groups is 1. The standard InChI is InChI=1S/C14H15Cl2N3O2/c15-14(16)8-11(14)12(20)18-9-3-1-4-10(7-9)19-6-2-5-17-13(19)21/h1,3-4,7,11H,2,5-6,8H2,(H,17,21)(H,18,20). The minimum Gasteiger partial charge on any atom is -0.338 e. The highest BCUT2D eigenvalue weighted by molar-refractivity contribution is 6.52. The normalized spacial score (nSPS) is 23.4. The van der Waals surface area contributed by atoms with Crippen LogP contribution in [0, 0.1) is 5.92 Å². The molecule has 1 aliphatic carbocycles. The monoisotopic (exact) mass is 327 g/mol. The molecular weight excluding hydrogens is 313 g/mol. The Balaban J connectivity index is 1.71. The van der Waals surface area contributed by atoms with Crippen molar-refractivity contribution in [1.82, 2.24) is 5.32 Å². The van der Waals surface area contributed by atoms with Crippen molar-refractivity contribution < 1.29 is 9.59 Å². The Kier molecular flexibility index (Phi) is 3.71. The van der Waals surface area contributed by atoms with E-state index in [4.69, 9.17) is 23.2 Å². The number of hydrogen-bond donors (Lipinski definition) is 2. The van der Waals surface area contributed by atoms with Gasteiger partial charge in [0.1, 0.15) is 4.33 Å². The molecule has 0 bridgehead atoms. The number of halogens is 2. The molecule has 5 nitrogen and oxygen atoms in total. The molecular formula is C14H15Cl2N3O2. The van der Waals surface area contributed by atoms with Crippen LogP contribution in [0.4, 0.5) is 16.2 Å². The van der Waals surface area contributed by atoms with Crippen molar-refractivity contribution in [2.75, 3.05) is 23.3 Å². The summed E-state index contributed by atoms with van der Waals surface area (Å²) in [4.78, 5) is 25.4. The quantitative estimate of drug-likeness (QED) is 0.838. The smallest absolute Gasteiger partial charge is 0.321 e.